The van der Waals surface area contributed by atoms with Crippen molar-refractivity contribution in [2.24, 2.45) is 0 Å². The third-order valence-corrected chi connectivity index (χ3v) is 1.89. The molecule has 3 nitrogen and oxygen atoms in total. The van der Waals surface area contributed by atoms with Gasteiger partial charge in [0.05, 0.1) is 0 Å². The van der Waals surface area contributed by atoms with Crippen LogP contribution >= 0.6 is 11.8 Å². The van der Waals surface area contributed by atoms with Gasteiger partial charge in [-0.05, 0) is 19.6 Å². The molecule has 4 heteroatoms. The maximum absolute atomic E-state index is 5.60. The highest BCUT2D eigenvalue weighted by Crippen LogP contribution is 2.13. The monoisotopic (exact) mass is 168 g/mol. The predicted molar refractivity (Wildman–Crippen MR) is 47.3 cm³/mol. The molecule has 0 atom stereocenters. The van der Waals surface area contributed by atoms with E-state index >= 15 is 0 Å². The Morgan fingerprint density at radius 2 is 2.45 bits per heavy atom. The molecule has 0 fully saturated rings. The summed E-state index contributed by atoms with van der Waals surface area (Å²) < 4.78 is 0. The third kappa shape index (κ3) is 1.83. The second-order valence-corrected chi connectivity index (χ2v) is 2.79. The Morgan fingerprint density at radius 1 is 1.73 bits per heavy atom. The van der Waals surface area contributed by atoms with Crippen molar-refractivity contribution >= 4 is 17.6 Å². The van der Waals surface area contributed by atoms with E-state index < -0.39 is 0 Å². The molecule has 1 aromatic heterocycles. The molecule has 0 spiro atoms. The molecule has 1 heterocycles. The van der Waals surface area contributed by atoms with Gasteiger partial charge in [0.25, 0.3) is 0 Å². The van der Waals surface area contributed by atoms with Crippen LogP contribution in [0.4, 0.5) is 5.82 Å². The van der Waals surface area contributed by atoms with Crippen molar-refractivity contribution in [1.29, 1.82) is 0 Å². The van der Waals surface area contributed by atoms with Gasteiger partial charge in [-0.3, -0.25) is 0 Å². The largest absolute Gasteiger partial charge is 0.383 e. The van der Waals surface area contributed by atoms with Gasteiger partial charge in [0.15, 0.2) is 5.16 Å². The molecule has 0 bridgehead atoms. The number of thioether (sulfide) groups is 1. The minimum atomic E-state index is 0.541. The summed E-state index contributed by atoms with van der Waals surface area (Å²) in [7, 11) is 0. The smallest absolute Gasteiger partial charge is 0.189 e. The molecule has 0 amide bonds. The average Bonchev–Trinajstić information content (AvgIpc) is 2.04. The molecule has 0 saturated carbocycles. The first-order valence-corrected chi connectivity index (χ1v) is 4.45. The lowest BCUT2D eigenvalue weighted by Gasteiger charge is -2.01. The van der Waals surface area contributed by atoms with Crippen LogP contribution in [-0.2, 0) is 6.42 Å². The summed E-state index contributed by atoms with van der Waals surface area (Å²) in [5.41, 5.74) is 6.51. The number of nitrogen functional groups attached to an aromatic ring is 1. The third-order valence-electron chi connectivity index (χ3n) is 1.33. The number of rotatable bonds is 2. The van der Waals surface area contributed by atoms with E-state index in [0.717, 1.165) is 5.56 Å². The van der Waals surface area contributed by atoms with Gasteiger partial charge in [0, 0.05) is 11.8 Å². The summed E-state index contributed by atoms with van der Waals surface area (Å²) in [4.78, 5) is 8.11. The van der Waals surface area contributed by atoms with E-state index in [-0.39, 0.29) is 0 Å². The molecule has 0 aliphatic carbocycles. The van der Waals surface area contributed by atoms with E-state index in [9.17, 15) is 0 Å². The van der Waals surface area contributed by atoms with Crippen LogP contribution in [0.15, 0.2) is 11.4 Å². The molecule has 59 valence electrons. The minimum absolute atomic E-state index is 0.541. The van der Waals surface area contributed by atoms with Gasteiger partial charge in [-0.15, -0.1) is 0 Å². The number of anilines is 1. The maximum Gasteiger partial charge on any atom is 0.189 e. The van der Waals surface area contributed by atoms with Crippen molar-refractivity contribution in [3.05, 3.63) is 18.7 Å². The van der Waals surface area contributed by atoms with Crippen LogP contribution in [0.5, 0.6) is 0 Å². The van der Waals surface area contributed by atoms with Crippen LogP contribution in [0.3, 0.4) is 0 Å². The molecule has 0 aliphatic heterocycles. The van der Waals surface area contributed by atoms with Crippen LogP contribution in [0.25, 0.3) is 0 Å². The van der Waals surface area contributed by atoms with Crippen LogP contribution in [-0.4, -0.2) is 16.2 Å². The van der Waals surface area contributed by atoms with Crippen molar-refractivity contribution in [1.82, 2.24) is 9.97 Å². The van der Waals surface area contributed by atoms with Crippen molar-refractivity contribution in [2.45, 2.75) is 11.6 Å². The normalized spacial score (nSPS) is 10.0. The molecule has 0 saturated heterocycles. The number of nitrogens with zero attached hydrogens (tertiary/aromatic N) is 2. The number of aromatic nitrogens is 2. The van der Waals surface area contributed by atoms with Crippen LogP contribution in [0.2, 0.25) is 0 Å². The summed E-state index contributed by atoms with van der Waals surface area (Å²) in [6, 6.07) is 0. The molecular formula is C7H10N3S. The first-order valence-electron chi connectivity index (χ1n) is 3.22. The van der Waals surface area contributed by atoms with Crippen molar-refractivity contribution < 1.29 is 0 Å². The van der Waals surface area contributed by atoms with Crippen molar-refractivity contribution in [2.75, 3.05) is 12.0 Å². The zero-order valence-electron chi connectivity index (χ0n) is 6.37. The van der Waals surface area contributed by atoms with Crippen LogP contribution < -0.4 is 5.73 Å². The predicted octanol–water partition coefficient (Wildman–Crippen LogP) is 1.16. The Hall–Kier alpha value is -0.770. The molecule has 1 radical (unpaired) electrons. The van der Waals surface area contributed by atoms with E-state index in [1.54, 1.807) is 6.20 Å². The van der Waals surface area contributed by atoms with Gasteiger partial charge < -0.3 is 5.73 Å². The lowest BCUT2D eigenvalue weighted by atomic mass is 10.2. The number of nitrogens with two attached hydrogens (primary N) is 1. The molecule has 1 rings (SSSR count). The Kier molecular flexibility index (Phi) is 2.70. The highest BCUT2D eigenvalue weighted by atomic mass is 32.2. The zero-order valence-corrected chi connectivity index (χ0v) is 7.19. The molecule has 0 aliphatic rings. The highest BCUT2D eigenvalue weighted by Gasteiger charge is 1.99. The first kappa shape index (κ1) is 8.33. The summed E-state index contributed by atoms with van der Waals surface area (Å²) >= 11 is 1.48. The van der Waals surface area contributed by atoms with Gasteiger partial charge in [-0.25, -0.2) is 9.97 Å². The fourth-order valence-corrected chi connectivity index (χ4v) is 1.04. The molecule has 2 N–H and O–H groups in total. The molecule has 1 aromatic rings. The highest BCUT2D eigenvalue weighted by molar-refractivity contribution is 7.98. The van der Waals surface area contributed by atoms with Crippen LogP contribution in [0, 0.1) is 6.92 Å². The van der Waals surface area contributed by atoms with Crippen molar-refractivity contribution in [3.63, 3.8) is 0 Å². The number of hydrogen-bond donors (Lipinski definition) is 1. The average molecular weight is 168 g/mol. The summed E-state index contributed by atoms with van der Waals surface area (Å²) in [5.74, 6) is 0.541. The van der Waals surface area contributed by atoms with E-state index in [1.165, 1.54) is 11.8 Å². The molecular weight excluding hydrogens is 158 g/mol. The first-order chi connectivity index (χ1) is 5.27. The molecule has 0 aromatic carbocycles. The summed E-state index contributed by atoms with van der Waals surface area (Å²) in [5, 5.41) is 0.708. The quantitative estimate of drug-likeness (QED) is 0.532. The second kappa shape index (κ2) is 3.57. The minimum Gasteiger partial charge on any atom is -0.383 e. The molecule has 11 heavy (non-hydrogen) atoms. The topological polar surface area (TPSA) is 51.8 Å². The Bertz CT molecular complexity index is 249. The zero-order chi connectivity index (χ0) is 8.27. The van der Waals surface area contributed by atoms with E-state index in [1.807, 2.05) is 6.26 Å². The Morgan fingerprint density at radius 3 is 2.91 bits per heavy atom. The lowest BCUT2D eigenvalue weighted by Crippen LogP contribution is -1.99. The Labute approximate surface area is 70.4 Å². The fraction of sp³-hybridized carbons (Fsp3) is 0.286. The van der Waals surface area contributed by atoms with Gasteiger partial charge in [0.1, 0.15) is 5.82 Å². The van der Waals surface area contributed by atoms with E-state index in [0.29, 0.717) is 17.4 Å². The second-order valence-electron chi connectivity index (χ2n) is 2.02. The van der Waals surface area contributed by atoms with Crippen LogP contribution in [0.1, 0.15) is 5.56 Å². The van der Waals surface area contributed by atoms with Gasteiger partial charge in [-0.1, -0.05) is 11.8 Å². The summed E-state index contributed by atoms with van der Waals surface area (Å²) in [6.45, 7) is 3.71. The van der Waals surface area contributed by atoms with Crippen molar-refractivity contribution in [3.8, 4) is 0 Å². The lowest BCUT2D eigenvalue weighted by molar-refractivity contribution is 0.951. The SMILES string of the molecule is [CH2]Cc1cnc(SC)nc1N. The summed E-state index contributed by atoms with van der Waals surface area (Å²) in [6.07, 6.45) is 4.28. The van der Waals surface area contributed by atoms with Gasteiger partial charge in [-0.2, -0.15) is 0 Å². The standard InChI is InChI=1S/C7H10N3S/c1-3-5-4-9-7(11-2)10-6(5)8/h4H,1,3H2,2H3,(H2,8,9,10). The van der Waals surface area contributed by atoms with Gasteiger partial charge >= 0.3 is 0 Å². The van der Waals surface area contributed by atoms with E-state index in [2.05, 4.69) is 16.9 Å². The number of hydrogen-bond acceptors (Lipinski definition) is 4. The maximum atomic E-state index is 5.60. The van der Waals surface area contributed by atoms with Gasteiger partial charge in [0.2, 0.25) is 0 Å². The van der Waals surface area contributed by atoms with E-state index in [4.69, 9.17) is 5.73 Å². The molecule has 0 unspecified atom stereocenters. The fourth-order valence-electron chi connectivity index (χ4n) is 0.694. The Balaban J connectivity index is 2.99.